The van der Waals surface area contributed by atoms with E-state index in [1.54, 1.807) is 43.3 Å². The first kappa shape index (κ1) is 20.8. The molecule has 0 unspecified atom stereocenters. The van der Waals surface area contributed by atoms with Crippen LogP contribution < -0.4 is 0 Å². The zero-order valence-corrected chi connectivity index (χ0v) is 16.9. The van der Waals surface area contributed by atoms with Crippen molar-refractivity contribution in [2.24, 2.45) is 0 Å². The minimum atomic E-state index is -0.571. The summed E-state index contributed by atoms with van der Waals surface area (Å²) in [6.45, 7) is 3.66. The smallest absolute Gasteiger partial charge is 0.337 e. The van der Waals surface area contributed by atoms with Gasteiger partial charge in [0.1, 0.15) is 23.2 Å². The van der Waals surface area contributed by atoms with Crippen LogP contribution in [0, 0.1) is 11.3 Å². The third-order valence-corrected chi connectivity index (χ3v) is 4.75. The number of nitrogens with zero attached hydrogens (tertiary/aromatic N) is 2. The fraction of sp³-hybridized carbons (Fsp3) is 0.217. The highest BCUT2D eigenvalue weighted by molar-refractivity contribution is 6.19. The predicted octanol–water partition coefficient (Wildman–Crippen LogP) is 3.74. The molecule has 0 fully saturated rings. The van der Waals surface area contributed by atoms with Crippen molar-refractivity contribution in [2.45, 2.75) is 20.3 Å². The fourth-order valence-corrected chi connectivity index (χ4v) is 3.20. The van der Waals surface area contributed by atoms with Gasteiger partial charge in [-0.25, -0.2) is 4.79 Å². The van der Waals surface area contributed by atoms with E-state index in [0.717, 1.165) is 4.90 Å². The first-order valence-electron chi connectivity index (χ1n) is 9.39. The Morgan fingerprint density at radius 2 is 2.00 bits per heavy atom. The minimum absolute atomic E-state index is 0.0492. The van der Waals surface area contributed by atoms with Crippen molar-refractivity contribution in [2.75, 3.05) is 13.7 Å². The van der Waals surface area contributed by atoms with Crippen LogP contribution in [-0.2, 0) is 14.3 Å². The van der Waals surface area contributed by atoms with Crippen LogP contribution in [-0.4, -0.2) is 36.3 Å². The van der Waals surface area contributed by atoms with Crippen LogP contribution in [0.4, 0.5) is 0 Å². The molecule has 0 N–H and O–H groups in total. The summed E-state index contributed by atoms with van der Waals surface area (Å²) in [5.41, 5.74) is 1.58. The summed E-state index contributed by atoms with van der Waals surface area (Å²) in [5.74, 6) is -0.592. The molecule has 1 aliphatic rings. The van der Waals surface area contributed by atoms with E-state index in [0.29, 0.717) is 34.6 Å². The fourth-order valence-electron chi connectivity index (χ4n) is 3.20. The second-order valence-corrected chi connectivity index (χ2v) is 6.71. The second kappa shape index (κ2) is 8.62. The van der Waals surface area contributed by atoms with E-state index in [9.17, 15) is 19.6 Å². The number of hydrogen-bond donors (Lipinski definition) is 0. The van der Waals surface area contributed by atoms with Gasteiger partial charge >= 0.3 is 5.97 Å². The number of carbonyl (C=O) groups is 3. The number of imide groups is 1. The van der Waals surface area contributed by atoms with Crippen LogP contribution in [0.3, 0.4) is 0 Å². The SMILES string of the molecule is CCCN1C(=O)C(C#N)=C(C)/C(=C\c2ccc(-c3cccc(C(=O)OC)c3)o2)C1=O. The molecule has 2 amide bonds. The van der Waals surface area contributed by atoms with Crippen LogP contribution >= 0.6 is 0 Å². The molecule has 2 aromatic rings. The highest BCUT2D eigenvalue weighted by Gasteiger charge is 2.35. The molecular weight excluding hydrogens is 384 g/mol. The lowest BCUT2D eigenvalue weighted by Gasteiger charge is -2.26. The Bertz CT molecular complexity index is 1130. The number of nitriles is 1. The van der Waals surface area contributed by atoms with E-state index in [1.165, 1.54) is 13.2 Å². The molecule has 7 heteroatoms. The van der Waals surface area contributed by atoms with Crippen molar-refractivity contribution in [1.29, 1.82) is 5.26 Å². The molecule has 0 atom stereocenters. The zero-order chi connectivity index (χ0) is 21.8. The van der Waals surface area contributed by atoms with E-state index in [2.05, 4.69) is 0 Å². The van der Waals surface area contributed by atoms with Crippen molar-refractivity contribution in [3.05, 3.63) is 64.4 Å². The molecule has 0 aliphatic carbocycles. The third kappa shape index (κ3) is 3.80. The second-order valence-electron chi connectivity index (χ2n) is 6.71. The first-order valence-corrected chi connectivity index (χ1v) is 9.39. The number of amides is 2. The standard InChI is InChI=1S/C23H20N2O5/c1-4-10-25-21(26)18(14(2)19(13-24)22(25)27)12-17-8-9-20(30-17)15-6-5-7-16(11-15)23(28)29-3/h5-9,11-12H,4,10H2,1-3H3/b18-12+. The Hall–Kier alpha value is -3.92. The Morgan fingerprint density at radius 3 is 2.67 bits per heavy atom. The summed E-state index contributed by atoms with van der Waals surface area (Å²) >= 11 is 0. The number of carbonyl (C=O) groups excluding carboxylic acids is 3. The molecule has 0 bridgehead atoms. The molecule has 0 saturated carbocycles. The van der Waals surface area contributed by atoms with Crippen molar-refractivity contribution in [3.63, 3.8) is 0 Å². The van der Waals surface area contributed by atoms with E-state index in [4.69, 9.17) is 9.15 Å². The van der Waals surface area contributed by atoms with Gasteiger partial charge in [-0.1, -0.05) is 19.1 Å². The van der Waals surface area contributed by atoms with Gasteiger partial charge in [0.25, 0.3) is 11.8 Å². The first-order chi connectivity index (χ1) is 14.4. The number of esters is 1. The molecule has 3 rings (SSSR count). The van der Waals surface area contributed by atoms with Gasteiger partial charge in [-0.15, -0.1) is 0 Å². The maximum absolute atomic E-state index is 12.8. The lowest BCUT2D eigenvalue weighted by molar-refractivity contribution is -0.140. The molecule has 30 heavy (non-hydrogen) atoms. The number of ether oxygens (including phenoxy) is 1. The van der Waals surface area contributed by atoms with Crippen molar-refractivity contribution < 1.29 is 23.5 Å². The molecule has 2 heterocycles. The van der Waals surface area contributed by atoms with Gasteiger partial charge in [-0.05, 0) is 49.3 Å². The number of benzene rings is 1. The lowest BCUT2D eigenvalue weighted by atomic mass is 9.94. The van der Waals surface area contributed by atoms with Crippen LogP contribution in [0.15, 0.2) is 57.5 Å². The molecule has 7 nitrogen and oxygen atoms in total. The average molecular weight is 404 g/mol. The Kier molecular flexibility index (Phi) is 5.98. The number of furan rings is 1. The van der Waals surface area contributed by atoms with E-state index < -0.39 is 17.8 Å². The quantitative estimate of drug-likeness (QED) is 0.428. The normalized spacial score (nSPS) is 15.5. The van der Waals surface area contributed by atoms with Crippen molar-refractivity contribution in [3.8, 4) is 17.4 Å². The molecule has 1 aromatic carbocycles. The van der Waals surface area contributed by atoms with Gasteiger partial charge < -0.3 is 9.15 Å². The van der Waals surface area contributed by atoms with Gasteiger partial charge in [0.05, 0.1) is 12.7 Å². The maximum atomic E-state index is 12.8. The summed E-state index contributed by atoms with van der Waals surface area (Å²) in [5, 5.41) is 9.38. The van der Waals surface area contributed by atoms with E-state index >= 15 is 0 Å². The molecular formula is C23H20N2O5. The minimum Gasteiger partial charge on any atom is -0.465 e. The third-order valence-electron chi connectivity index (χ3n) is 4.75. The molecule has 0 radical (unpaired) electrons. The molecule has 1 aromatic heterocycles. The molecule has 152 valence electrons. The van der Waals surface area contributed by atoms with Crippen molar-refractivity contribution in [1.82, 2.24) is 4.90 Å². The average Bonchev–Trinajstić information content (AvgIpc) is 3.23. The number of hydrogen-bond acceptors (Lipinski definition) is 6. The predicted molar refractivity (Wildman–Crippen MR) is 109 cm³/mol. The van der Waals surface area contributed by atoms with Crippen LogP contribution in [0.5, 0.6) is 0 Å². The summed E-state index contributed by atoms with van der Waals surface area (Å²) in [6, 6.07) is 12.1. The van der Waals surface area contributed by atoms with Gasteiger partial charge in [-0.3, -0.25) is 14.5 Å². The highest BCUT2D eigenvalue weighted by atomic mass is 16.5. The Balaban J connectivity index is 2.00. The van der Waals surface area contributed by atoms with Crippen LogP contribution in [0.1, 0.15) is 36.4 Å². The number of methoxy groups -OCH3 is 1. The summed E-state index contributed by atoms with van der Waals surface area (Å²) in [7, 11) is 1.31. The van der Waals surface area contributed by atoms with E-state index in [-0.39, 0.29) is 17.7 Å². The monoisotopic (exact) mass is 404 g/mol. The largest absolute Gasteiger partial charge is 0.465 e. The van der Waals surface area contributed by atoms with Gasteiger partial charge in [0.2, 0.25) is 0 Å². The summed E-state index contributed by atoms with van der Waals surface area (Å²) in [4.78, 5) is 38.1. The zero-order valence-electron chi connectivity index (χ0n) is 16.9. The van der Waals surface area contributed by atoms with Crippen LogP contribution in [0.2, 0.25) is 0 Å². The van der Waals surface area contributed by atoms with Crippen molar-refractivity contribution >= 4 is 23.9 Å². The molecule has 0 saturated heterocycles. The van der Waals surface area contributed by atoms with Crippen LogP contribution in [0.25, 0.3) is 17.4 Å². The summed E-state index contributed by atoms with van der Waals surface area (Å²) < 4.78 is 10.6. The number of rotatable bonds is 5. The van der Waals surface area contributed by atoms with E-state index in [1.807, 2.05) is 13.0 Å². The topological polar surface area (TPSA) is 101 Å². The highest BCUT2D eigenvalue weighted by Crippen LogP contribution is 2.29. The molecule has 1 aliphatic heterocycles. The van der Waals surface area contributed by atoms with Gasteiger partial charge in [-0.2, -0.15) is 5.26 Å². The Morgan fingerprint density at radius 1 is 1.23 bits per heavy atom. The maximum Gasteiger partial charge on any atom is 0.337 e. The lowest BCUT2D eigenvalue weighted by Crippen LogP contribution is -2.43. The summed E-state index contributed by atoms with van der Waals surface area (Å²) in [6.07, 6.45) is 2.11. The molecule has 0 spiro atoms. The van der Waals surface area contributed by atoms with Gasteiger partial charge in [0.15, 0.2) is 0 Å². The van der Waals surface area contributed by atoms with Gasteiger partial charge in [0, 0.05) is 17.7 Å². The Labute approximate surface area is 173 Å².